The zero-order valence-electron chi connectivity index (χ0n) is 18.4. The van der Waals surface area contributed by atoms with Gasteiger partial charge in [0.15, 0.2) is 11.6 Å². The molecule has 1 aliphatic heterocycles. The van der Waals surface area contributed by atoms with Crippen molar-refractivity contribution >= 4 is 17.6 Å². The van der Waals surface area contributed by atoms with Crippen molar-refractivity contribution < 1.29 is 23.5 Å². The lowest BCUT2D eigenvalue weighted by Crippen LogP contribution is -2.38. The number of aromatic nitrogens is 1. The Hall–Kier alpha value is -3.94. The van der Waals surface area contributed by atoms with Crippen LogP contribution in [0.25, 0.3) is 0 Å². The third-order valence-electron chi connectivity index (χ3n) is 5.43. The Morgan fingerprint density at radius 3 is 2.52 bits per heavy atom. The van der Waals surface area contributed by atoms with E-state index in [9.17, 15) is 14.0 Å². The second-order valence-corrected chi connectivity index (χ2v) is 7.69. The molecule has 2 aromatic carbocycles. The molecule has 33 heavy (non-hydrogen) atoms. The van der Waals surface area contributed by atoms with E-state index < -0.39 is 5.82 Å². The molecule has 0 spiro atoms. The summed E-state index contributed by atoms with van der Waals surface area (Å²) in [5.74, 6) is 0.997. The number of urea groups is 1. The standard InChI is InChI=1S/C25H24FN3O4/c1-3-29-15-20-22(10-11-27-24(20)28-25(29)31)33-23-9-6-17(14-21(23)26)13-18(30)12-16-4-7-19(32-2)8-5-16/h4-11,14H,3,12-13,15H2,1-2H3,(H,27,28,31). The SMILES string of the molecule is CCN1Cc2c(Oc3ccc(CC(=O)Cc4ccc(OC)cc4)cc3F)ccnc2NC1=O. The number of anilines is 1. The first-order chi connectivity index (χ1) is 16.0. The van der Waals surface area contributed by atoms with Crippen molar-refractivity contribution in [3.05, 3.63) is 77.2 Å². The van der Waals surface area contributed by atoms with Crippen LogP contribution in [0.5, 0.6) is 17.2 Å². The third-order valence-corrected chi connectivity index (χ3v) is 5.43. The second-order valence-electron chi connectivity index (χ2n) is 7.69. The van der Waals surface area contributed by atoms with Gasteiger partial charge in [-0.1, -0.05) is 18.2 Å². The summed E-state index contributed by atoms with van der Waals surface area (Å²) in [5, 5.41) is 2.72. The summed E-state index contributed by atoms with van der Waals surface area (Å²) in [6, 6.07) is 13.2. The number of benzene rings is 2. The molecule has 3 aromatic rings. The summed E-state index contributed by atoms with van der Waals surface area (Å²) >= 11 is 0. The summed E-state index contributed by atoms with van der Waals surface area (Å²) in [6.45, 7) is 2.71. The molecular weight excluding hydrogens is 425 g/mol. The smallest absolute Gasteiger partial charge is 0.323 e. The van der Waals surface area contributed by atoms with E-state index in [2.05, 4.69) is 10.3 Å². The number of rotatable bonds is 8. The maximum absolute atomic E-state index is 14.8. The highest BCUT2D eigenvalue weighted by Gasteiger charge is 2.25. The minimum Gasteiger partial charge on any atom is -0.497 e. The molecule has 2 heterocycles. The molecule has 4 rings (SSSR count). The Morgan fingerprint density at radius 1 is 1.09 bits per heavy atom. The van der Waals surface area contributed by atoms with E-state index in [0.29, 0.717) is 35.8 Å². The monoisotopic (exact) mass is 449 g/mol. The van der Waals surface area contributed by atoms with Crippen LogP contribution in [-0.4, -0.2) is 35.4 Å². The van der Waals surface area contributed by atoms with Crippen LogP contribution in [0.15, 0.2) is 54.7 Å². The zero-order valence-corrected chi connectivity index (χ0v) is 18.4. The highest BCUT2D eigenvalue weighted by molar-refractivity contribution is 5.91. The number of halogens is 1. The fraction of sp³-hybridized carbons (Fsp3) is 0.240. The predicted octanol–water partition coefficient (Wildman–Crippen LogP) is 4.74. The lowest BCUT2D eigenvalue weighted by molar-refractivity contribution is -0.117. The Labute approximate surface area is 191 Å². The number of nitrogens with zero attached hydrogens (tertiary/aromatic N) is 2. The van der Waals surface area contributed by atoms with Gasteiger partial charge in [-0.3, -0.25) is 10.1 Å². The molecule has 0 radical (unpaired) electrons. The average molecular weight is 449 g/mol. The number of fused-ring (bicyclic) bond motifs is 1. The maximum atomic E-state index is 14.8. The van der Waals surface area contributed by atoms with Gasteiger partial charge in [-0.2, -0.15) is 0 Å². The number of ketones is 1. The lowest BCUT2D eigenvalue weighted by Gasteiger charge is -2.28. The highest BCUT2D eigenvalue weighted by atomic mass is 19.1. The molecule has 7 nitrogen and oxygen atoms in total. The maximum Gasteiger partial charge on any atom is 0.323 e. The molecular formula is C25H24FN3O4. The molecule has 170 valence electrons. The molecule has 0 bridgehead atoms. The number of nitrogens with one attached hydrogen (secondary N) is 1. The van der Waals surface area contributed by atoms with Crippen LogP contribution in [0.3, 0.4) is 0 Å². The number of amides is 2. The van der Waals surface area contributed by atoms with Gasteiger partial charge in [-0.05, 0) is 48.4 Å². The third kappa shape index (κ3) is 5.11. The number of carbonyl (C=O) groups is 2. The normalized spacial score (nSPS) is 12.7. The first kappa shape index (κ1) is 22.3. The van der Waals surface area contributed by atoms with Crippen molar-refractivity contribution in [3.8, 4) is 17.2 Å². The van der Waals surface area contributed by atoms with Crippen molar-refractivity contribution in [3.63, 3.8) is 0 Å². The largest absolute Gasteiger partial charge is 0.497 e. The van der Waals surface area contributed by atoms with E-state index in [1.165, 1.54) is 18.3 Å². The molecule has 1 aliphatic rings. The summed E-state index contributed by atoms with van der Waals surface area (Å²) < 4.78 is 25.7. The molecule has 1 aromatic heterocycles. The van der Waals surface area contributed by atoms with E-state index >= 15 is 0 Å². The molecule has 8 heteroatoms. The number of pyridine rings is 1. The van der Waals surface area contributed by atoms with Crippen molar-refractivity contribution in [2.45, 2.75) is 26.3 Å². The summed E-state index contributed by atoms with van der Waals surface area (Å²) in [6.07, 6.45) is 1.87. The van der Waals surface area contributed by atoms with Gasteiger partial charge < -0.3 is 14.4 Å². The van der Waals surface area contributed by atoms with Gasteiger partial charge in [0.05, 0.1) is 19.2 Å². The molecule has 0 aliphatic carbocycles. The van der Waals surface area contributed by atoms with Crippen LogP contribution in [0.4, 0.5) is 15.0 Å². The highest BCUT2D eigenvalue weighted by Crippen LogP contribution is 2.34. The first-order valence-corrected chi connectivity index (χ1v) is 10.6. The van der Waals surface area contributed by atoms with Gasteiger partial charge in [0.1, 0.15) is 23.1 Å². The molecule has 0 saturated heterocycles. The van der Waals surface area contributed by atoms with Crippen LogP contribution in [-0.2, 0) is 24.2 Å². The van der Waals surface area contributed by atoms with Gasteiger partial charge in [0, 0.05) is 25.6 Å². The van der Waals surface area contributed by atoms with Crippen LogP contribution < -0.4 is 14.8 Å². The molecule has 0 unspecified atom stereocenters. The van der Waals surface area contributed by atoms with Crippen molar-refractivity contribution in [2.24, 2.45) is 0 Å². The molecule has 2 amide bonds. The first-order valence-electron chi connectivity index (χ1n) is 10.6. The van der Waals surface area contributed by atoms with E-state index in [4.69, 9.17) is 9.47 Å². The van der Waals surface area contributed by atoms with Crippen LogP contribution in [0.2, 0.25) is 0 Å². The quantitative estimate of drug-likeness (QED) is 0.537. The number of hydrogen-bond acceptors (Lipinski definition) is 5. The van der Waals surface area contributed by atoms with Crippen molar-refractivity contribution in [1.82, 2.24) is 9.88 Å². The van der Waals surface area contributed by atoms with Crippen molar-refractivity contribution in [2.75, 3.05) is 19.0 Å². The molecule has 1 N–H and O–H groups in total. The predicted molar refractivity (Wildman–Crippen MR) is 121 cm³/mol. The van der Waals surface area contributed by atoms with E-state index in [1.54, 1.807) is 36.3 Å². The van der Waals surface area contributed by atoms with E-state index in [0.717, 1.165) is 11.3 Å². The Kier molecular flexibility index (Phi) is 6.53. The minimum absolute atomic E-state index is 0.0214. The number of hydrogen-bond donors (Lipinski definition) is 1. The van der Waals surface area contributed by atoms with Gasteiger partial charge in [0.25, 0.3) is 0 Å². The van der Waals surface area contributed by atoms with Crippen LogP contribution in [0.1, 0.15) is 23.6 Å². The van der Waals surface area contributed by atoms with Gasteiger partial charge in [-0.25, -0.2) is 14.2 Å². The molecule has 0 saturated carbocycles. The summed E-state index contributed by atoms with van der Waals surface area (Å²) in [4.78, 5) is 30.2. The topological polar surface area (TPSA) is 80.8 Å². The second kappa shape index (κ2) is 9.68. The minimum atomic E-state index is -0.567. The van der Waals surface area contributed by atoms with Gasteiger partial charge in [0.2, 0.25) is 0 Å². The number of ether oxygens (including phenoxy) is 2. The average Bonchev–Trinajstić information content (AvgIpc) is 2.81. The molecule has 0 atom stereocenters. The molecule has 0 fully saturated rings. The fourth-order valence-corrected chi connectivity index (χ4v) is 3.65. The van der Waals surface area contributed by atoms with Gasteiger partial charge in [-0.15, -0.1) is 0 Å². The van der Waals surface area contributed by atoms with Crippen molar-refractivity contribution in [1.29, 1.82) is 0 Å². The number of carbonyl (C=O) groups excluding carboxylic acids is 2. The Morgan fingerprint density at radius 2 is 1.82 bits per heavy atom. The summed E-state index contributed by atoms with van der Waals surface area (Å²) in [5.41, 5.74) is 2.12. The van der Waals surface area contributed by atoms with E-state index in [-0.39, 0.29) is 30.4 Å². The number of methoxy groups -OCH3 is 1. The number of Topliss-reactive ketones (excluding diaryl/α,β-unsaturated/α-hetero) is 1. The van der Waals surface area contributed by atoms with E-state index in [1.807, 2.05) is 19.1 Å². The summed E-state index contributed by atoms with van der Waals surface area (Å²) in [7, 11) is 1.59. The zero-order chi connectivity index (χ0) is 23.4. The Bertz CT molecular complexity index is 1180. The Balaban J connectivity index is 1.45. The van der Waals surface area contributed by atoms with Gasteiger partial charge >= 0.3 is 6.03 Å². The van der Waals surface area contributed by atoms with Crippen LogP contribution in [0, 0.1) is 5.82 Å². The fourth-order valence-electron chi connectivity index (χ4n) is 3.65. The van der Waals surface area contributed by atoms with Crippen LogP contribution >= 0.6 is 0 Å². The lowest BCUT2D eigenvalue weighted by atomic mass is 10.0.